The summed E-state index contributed by atoms with van der Waals surface area (Å²) in [4.78, 5) is 12.6. The highest BCUT2D eigenvalue weighted by Crippen LogP contribution is 2.24. The Morgan fingerprint density at radius 2 is 2.05 bits per heavy atom. The van der Waals surface area contributed by atoms with Crippen LogP contribution in [0.25, 0.3) is 0 Å². The summed E-state index contributed by atoms with van der Waals surface area (Å²) < 4.78 is 35.3. The minimum absolute atomic E-state index is 0.0337. The Balaban J connectivity index is 2.06. The maximum absolute atomic E-state index is 13.0. The molecule has 0 saturated heterocycles. The van der Waals surface area contributed by atoms with Crippen molar-refractivity contribution in [3.05, 3.63) is 52.2 Å². The fourth-order valence-electron chi connectivity index (χ4n) is 1.73. The van der Waals surface area contributed by atoms with E-state index in [0.717, 1.165) is 11.3 Å². The standard InChI is InChI=1S/C13H11ClFNO3S2/c1-8-6-9(15)2-4-11(8)13(17)16-7-10-3-5-12(20-10)21(14,18)19/h2-6H,7H2,1H3,(H,16,17). The summed E-state index contributed by atoms with van der Waals surface area (Å²) in [5.41, 5.74) is 0.904. The van der Waals surface area contributed by atoms with Gasteiger partial charge in [0.1, 0.15) is 10.0 Å². The average molecular weight is 348 g/mol. The monoisotopic (exact) mass is 347 g/mol. The molecule has 0 aliphatic rings. The van der Waals surface area contributed by atoms with Crippen LogP contribution < -0.4 is 5.32 Å². The predicted octanol–water partition coefficient (Wildman–Crippen LogP) is 3.05. The van der Waals surface area contributed by atoms with Crippen molar-refractivity contribution in [2.75, 3.05) is 0 Å². The SMILES string of the molecule is Cc1cc(F)ccc1C(=O)NCc1ccc(S(=O)(=O)Cl)s1. The van der Waals surface area contributed by atoms with Gasteiger partial charge in [-0.2, -0.15) is 0 Å². The quantitative estimate of drug-likeness (QED) is 0.864. The van der Waals surface area contributed by atoms with Crippen molar-refractivity contribution in [1.29, 1.82) is 0 Å². The van der Waals surface area contributed by atoms with Gasteiger partial charge in [0.25, 0.3) is 15.0 Å². The maximum atomic E-state index is 13.0. The smallest absolute Gasteiger partial charge is 0.270 e. The van der Waals surface area contributed by atoms with Crippen LogP contribution in [0, 0.1) is 12.7 Å². The van der Waals surface area contributed by atoms with Gasteiger partial charge in [-0.05, 0) is 42.8 Å². The molecular formula is C13H11ClFNO3S2. The third kappa shape index (κ3) is 4.03. The van der Waals surface area contributed by atoms with Crippen molar-refractivity contribution in [3.63, 3.8) is 0 Å². The van der Waals surface area contributed by atoms with Gasteiger partial charge in [0, 0.05) is 21.1 Å². The number of hydrogen-bond donors (Lipinski definition) is 1. The predicted molar refractivity (Wildman–Crippen MR) is 79.7 cm³/mol. The van der Waals surface area contributed by atoms with Crippen molar-refractivity contribution in [2.24, 2.45) is 0 Å². The Labute approximate surface area is 130 Å². The number of benzene rings is 1. The van der Waals surface area contributed by atoms with Crippen molar-refractivity contribution in [3.8, 4) is 0 Å². The molecule has 1 aromatic carbocycles. The molecule has 1 amide bonds. The summed E-state index contributed by atoms with van der Waals surface area (Å²) in [5, 5.41) is 2.65. The molecule has 112 valence electrons. The summed E-state index contributed by atoms with van der Waals surface area (Å²) in [5.74, 6) is -0.754. The van der Waals surface area contributed by atoms with Gasteiger partial charge in [-0.3, -0.25) is 4.79 Å². The number of thiophene rings is 1. The van der Waals surface area contributed by atoms with Crippen LogP contribution in [0.15, 0.2) is 34.5 Å². The van der Waals surface area contributed by atoms with Crippen LogP contribution in [0.3, 0.4) is 0 Å². The van der Waals surface area contributed by atoms with Gasteiger partial charge in [0.15, 0.2) is 0 Å². The van der Waals surface area contributed by atoms with Crippen LogP contribution in [-0.2, 0) is 15.6 Å². The van der Waals surface area contributed by atoms with Crippen LogP contribution in [0.2, 0.25) is 0 Å². The lowest BCUT2D eigenvalue weighted by Gasteiger charge is -2.06. The van der Waals surface area contributed by atoms with E-state index < -0.39 is 14.9 Å². The number of aryl methyl sites for hydroxylation is 1. The number of amides is 1. The molecular weight excluding hydrogens is 337 g/mol. The topological polar surface area (TPSA) is 63.2 Å². The van der Waals surface area contributed by atoms with E-state index in [1.165, 1.54) is 24.3 Å². The first-order valence-corrected chi connectivity index (χ1v) is 8.97. The van der Waals surface area contributed by atoms with E-state index in [0.29, 0.717) is 16.0 Å². The van der Waals surface area contributed by atoms with E-state index in [4.69, 9.17) is 10.7 Å². The van der Waals surface area contributed by atoms with Gasteiger partial charge in [-0.15, -0.1) is 11.3 Å². The molecule has 2 rings (SSSR count). The molecule has 1 aromatic heterocycles. The summed E-state index contributed by atoms with van der Waals surface area (Å²) in [6.45, 7) is 1.81. The molecule has 0 aliphatic heterocycles. The van der Waals surface area contributed by atoms with Crippen LogP contribution >= 0.6 is 22.0 Å². The van der Waals surface area contributed by atoms with Gasteiger partial charge in [0.2, 0.25) is 0 Å². The van der Waals surface area contributed by atoms with E-state index >= 15 is 0 Å². The molecule has 21 heavy (non-hydrogen) atoms. The Bertz CT molecular complexity index is 786. The largest absolute Gasteiger partial charge is 0.347 e. The van der Waals surface area contributed by atoms with Crippen molar-refractivity contribution in [2.45, 2.75) is 17.7 Å². The molecule has 1 heterocycles. The fourth-order valence-corrected chi connectivity index (χ4v) is 3.79. The zero-order valence-electron chi connectivity index (χ0n) is 10.9. The first kappa shape index (κ1) is 15.9. The first-order chi connectivity index (χ1) is 9.77. The number of carbonyl (C=O) groups is 1. The van der Waals surface area contributed by atoms with E-state index in [-0.39, 0.29) is 16.7 Å². The van der Waals surface area contributed by atoms with Crippen molar-refractivity contribution >= 4 is 37.0 Å². The Morgan fingerprint density at radius 3 is 2.62 bits per heavy atom. The summed E-state index contributed by atoms with van der Waals surface area (Å²) in [6, 6.07) is 6.86. The summed E-state index contributed by atoms with van der Waals surface area (Å²) in [6.07, 6.45) is 0. The Hall–Kier alpha value is -1.44. The number of halogens is 2. The van der Waals surface area contributed by atoms with Crippen LogP contribution in [0.1, 0.15) is 20.8 Å². The van der Waals surface area contributed by atoms with Crippen molar-refractivity contribution < 1.29 is 17.6 Å². The molecule has 0 bridgehead atoms. The second-order valence-corrected chi connectivity index (χ2v) is 8.26. The van der Waals surface area contributed by atoms with Gasteiger partial charge in [-0.25, -0.2) is 12.8 Å². The van der Waals surface area contributed by atoms with Gasteiger partial charge >= 0.3 is 0 Å². The highest BCUT2D eigenvalue weighted by molar-refractivity contribution is 8.15. The molecule has 0 radical (unpaired) electrons. The van der Waals surface area contributed by atoms with Crippen LogP contribution in [0.4, 0.5) is 4.39 Å². The van der Waals surface area contributed by atoms with Crippen molar-refractivity contribution in [1.82, 2.24) is 5.32 Å². The third-order valence-corrected chi connectivity index (χ3v) is 5.91. The van der Waals surface area contributed by atoms with Crippen LogP contribution in [0.5, 0.6) is 0 Å². The molecule has 0 spiro atoms. The van der Waals surface area contributed by atoms with Gasteiger partial charge in [-0.1, -0.05) is 0 Å². The summed E-state index contributed by atoms with van der Waals surface area (Å²) in [7, 11) is 1.48. The molecule has 4 nitrogen and oxygen atoms in total. The minimum Gasteiger partial charge on any atom is -0.347 e. The van der Waals surface area contributed by atoms with E-state index in [1.54, 1.807) is 13.0 Å². The number of hydrogen-bond acceptors (Lipinski definition) is 4. The van der Waals surface area contributed by atoms with Gasteiger partial charge < -0.3 is 5.32 Å². The van der Waals surface area contributed by atoms with Crippen LogP contribution in [-0.4, -0.2) is 14.3 Å². The first-order valence-electron chi connectivity index (χ1n) is 5.85. The van der Waals surface area contributed by atoms with E-state index in [9.17, 15) is 17.6 Å². The lowest BCUT2D eigenvalue weighted by molar-refractivity contribution is 0.0950. The zero-order chi connectivity index (χ0) is 15.6. The second kappa shape index (κ2) is 6.13. The average Bonchev–Trinajstić information content (AvgIpc) is 2.84. The lowest BCUT2D eigenvalue weighted by Crippen LogP contribution is -2.23. The summed E-state index contributed by atoms with van der Waals surface area (Å²) >= 11 is 0.989. The highest BCUT2D eigenvalue weighted by atomic mass is 35.7. The molecule has 1 N–H and O–H groups in total. The number of carbonyl (C=O) groups excluding carboxylic acids is 1. The Morgan fingerprint density at radius 1 is 1.33 bits per heavy atom. The minimum atomic E-state index is -3.75. The third-order valence-electron chi connectivity index (χ3n) is 2.73. The molecule has 0 unspecified atom stereocenters. The second-order valence-electron chi connectivity index (χ2n) is 4.30. The molecule has 2 aromatic rings. The zero-order valence-corrected chi connectivity index (χ0v) is 13.3. The fraction of sp³-hybridized carbons (Fsp3) is 0.154. The number of nitrogens with one attached hydrogen (secondary N) is 1. The number of rotatable bonds is 4. The lowest BCUT2D eigenvalue weighted by atomic mass is 10.1. The van der Waals surface area contributed by atoms with E-state index in [2.05, 4.69) is 5.32 Å². The Kier molecular flexibility index (Phi) is 4.65. The molecule has 0 aliphatic carbocycles. The highest BCUT2D eigenvalue weighted by Gasteiger charge is 2.14. The maximum Gasteiger partial charge on any atom is 0.270 e. The normalized spacial score (nSPS) is 11.4. The van der Waals surface area contributed by atoms with E-state index in [1.807, 2.05) is 0 Å². The molecule has 0 fully saturated rings. The molecule has 0 atom stereocenters. The van der Waals surface area contributed by atoms with Gasteiger partial charge in [0.05, 0.1) is 6.54 Å². The molecule has 8 heteroatoms. The molecule has 0 saturated carbocycles.